The normalized spacial score (nSPS) is 14.6. The number of hydrogen-bond acceptors (Lipinski definition) is 9. The zero-order valence-electron chi connectivity index (χ0n) is 36.5. The monoisotopic (exact) mass is 850 g/mol. The summed E-state index contributed by atoms with van der Waals surface area (Å²) in [6.07, 6.45) is 1.39. The minimum Gasteiger partial charge on any atom is -0.370 e. The quantitative estimate of drug-likeness (QED) is 0.0611. The molecule has 8 amide bonds. The lowest BCUT2D eigenvalue weighted by atomic mass is 9.95. The van der Waals surface area contributed by atoms with Gasteiger partial charge in [-0.05, 0) is 66.7 Å². The first-order valence-corrected chi connectivity index (χ1v) is 21.0. The first-order chi connectivity index (χ1) is 28.8. The molecule has 0 radical (unpaired) electrons. The van der Waals surface area contributed by atoms with Crippen LogP contribution in [0.5, 0.6) is 0 Å². The molecule has 2 rings (SSSR count). The molecule has 0 bridgehead atoms. The van der Waals surface area contributed by atoms with E-state index < -0.39 is 95.3 Å². The van der Waals surface area contributed by atoms with Gasteiger partial charge in [-0.2, -0.15) is 0 Å². The Morgan fingerprint density at radius 2 is 1.05 bits per heavy atom. The number of carbonyl (C=O) groups excluding carboxylic acids is 8. The van der Waals surface area contributed by atoms with Crippen LogP contribution in [0.4, 0.5) is 0 Å². The molecule has 0 aromatic heterocycles. The van der Waals surface area contributed by atoms with Crippen LogP contribution in [-0.2, 0) is 44.8 Å². The first-order valence-electron chi connectivity index (χ1n) is 21.0. The Balaban J connectivity index is 2.40. The summed E-state index contributed by atoms with van der Waals surface area (Å²) < 4.78 is 0. The fraction of sp³-hybridized carbons (Fsp3) is 0.545. The first kappa shape index (κ1) is 51.3. The van der Waals surface area contributed by atoms with Gasteiger partial charge in [-0.1, -0.05) is 103 Å². The predicted octanol–water partition coefficient (Wildman–Crippen LogP) is 1.06. The topological polar surface area (TPSA) is 287 Å². The number of unbranched alkanes of at least 4 members (excludes halogenated alkanes) is 1. The fourth-order valence-corrected chi connectivity index (χ4v) is 6.53. The molecule has 0 heterocycles. The molecule has 0 aliphatic carbocycles. The van der Waals surface area contributed by atoms with Gasteiger partial charge in [0.25, 0.3) is 0 Å². The number of primary amides is 2. The standard InChI is InChI=1S/C44H67N9O8/c1-8-27(6)38(53-40(57)33(21-22-35(46)55)50-42(59)36(25(2)3)48-28(7)54)44(61)52-37(26(4)5)43(60)51-34(41(58)49-32(39(47)56)16-12-13-23-45)24-29-17-19-31(20-18-29)30-14-10-9-11-15-30/h9-11,14-15,17-20,25-27,32-34,36-38H,8,12-13,16,21-24,45H2,1-7H3,(H2,46,55)(H2,47,56)(H,48,54)(H,49,58)(H,50,59)(H,51,60)(H,52,61)(H,53,57)/t27-,32-,33-,34-,36-,37-,38-/m0/s1. The lowest BCUT2D eigenvalue weighted by Crippen LogP contribution is -2.62. The number of rotatable bonds is 26. The molecule has 0 fully saturated rings. The molecule has 17 heteroatoms. The Labute approximate surface area is 359 Å². The van der Waals surface area contributed by atoms with Crippen LogP contribution in [0.25, 0.3) is 11.1 Å². The number of hydrogen-bond donors (Lipinski definition) is 9. The average Bonchev–Trinajstić information content (AvgIpc) is 3.21. The molecule has 61 heavy (non-hydrogen) atoms. The molecule has 17 nitrogen and oxygen atoms in total. The molecule has 0 aliphatic rings. The fourth-order valence-electron chi connectivity index (χ4n) is 6.53. The molecular weight excluding hydrogens is 783 g/mol. The average molecular weight is 850 g/mol. The van der Waals surface area contributed by atoms with E-state index in [1.807, 2.05) is 61.5 Å². The molecule has 0 saturated heterocycles. The van der Waals surface area contributed by atoms with E-state index in [9.17, 15) is 38.4 Å². The van der Waals surface area contributed by atoms with Crippen molar-refractivity contribution >= 4 is 47.3 Å². The minimum atomic E-state index is -1.31. The highest BCUT2D eigenvalue weighted by atomic mass is 16.2. The van der Waals surface area contributed by atoms with Crippen molar-refractivity contribution in [3.8, 4) is 11.1 Å². The second kappa shape index (κ2) is 25.7. The van der Waals surface area contributed by atoms with E-state index in [1.54, 1.807) is 34.6 Å². The largest absolute Gasteiger partial charge is 0.370 e. The maximum atomic E-state index is 14.1. The number of carbonyl (C=O) groups is 8. The van der Waals surface area contributed by atoms with Crippen LogP contribution in [-0.4, -0.2) is 90.1 Å². The van der Waals surface area contributed by atoms with Gasteiger partial charge in [-0.3, -0.25) is 38.4 Å². The molecule has 336 valence electrons. The van der Waals surface area contributed by atoms with Gasteiger partial charge < -0.3 is 49.1 Å². The van der Waals surface area contributed by atoms with E-state index in [-0.39, 0.29) is 31.6 Å². The number of nitrogens with two attached hydrogens (primary N) is 3. The molecule has 12 N–H and O–H groups in total. The Hall–Kier alpha value is -5.84. The molecule has 0 spiro atoms. The van der Waals surface area contributed by atoms with Crippen molar-refractivity contribution in [2.45, 2.75) is 130 Å². The van der Waals surface area contributed by atoms with E-state index in [1.165, 1.54) is 6.92 Å². The Bertz CT molecular complexity index is 1790. The lowest BCUT2D eigenvalue weighted by molar-refractivity contribution is -0.137. The maximum absolute atomic E-state index is 14.1. The van der Waals surface area contributed by atoms with Crippen molar-refractivity contribution in [3.05, 3.63) is 60.2 Å². The predicted molar refractivity (Wildman–Crippen MR) is 232 cm³/mol. The zero-order valence-corrected chi connectivity index (χ0v) is 36.5. The number of nitrogens with one attached hydrogen (secondary N) is 6. The number of benzene rings is 2. The molecule has 0 aliphatic heterocycles. The maximum Gasteiger partial charge on any atom is 0.243 e. The summed E-state index contributed by atoms with van der Waals surface area (Å²) in [4.78, 5) is 105. The van der Waals surface area contributed by atoms with Gasteiger partial charge in [0.2, 0.25) is 47.3 Å². The highest BCUT2D eigenvalue weighted by Crippen LogP contribution is 2.20. The Morgan fingerprint density at radius 3 is 1.56 bits per heavy atom. The SMILES string of the molecule is CC[C@H](C)[C@H](NC(=O)[C@H](CCC(N)=O)NC(=O)[C@@H](NC(C)=O)C(C)C)C(=O)N[C@H](C(=O)N[C@@H](Cc1ccc(-c2ccccc2)cc1)C(=O)N[C@@H](CCCCN)C(N)=O)C(C)C. The number of amides is 8. The van der Waals surface area contributed by atoms with Gasteiger partial charge in [-0.25, -0.2) is 0 Å². The third-order valence-corrected chi connectivity index (χ3v) is 10.4. The highest BCUT2D eigenvalue weighted by Gasteiger charge is 2.36. The second-order valence-electron chi connectivity index (χ2n) is 16.2. The van der Waals surface area contributed by atoms with Crippen molar-refractivity contribution in [2.24, 2.45) is 35.0 Å². The third-order valence-electron chi connectivity index (χ3n) is 10.4. The molecule has 7 atom stereocenters. The van der Waals surface area contributed by atoms with E-state index >= 15 is 0 Å². The highest BCUT2D eigenvalue weighted by molar-refractivity contribution is 5.97. The Kier molecular flexibility index (Phi) is 21.6. The van der Waals surface area contributed by atoms with Gasteiger partial charge in [-0.15, -0.1) is 0 Å². The summed E-state index contributed by atoms with van der Waals surface area (Å²) in [5.74, 6) is -6.75. The third kappa shape index (κ3) is 17.3. The van der Waals surface area contributed by atoms with Crippen LogP contribution in [0.2, 0.25) is 0 Å². The van der Waals surface area contributed by atoms with E-state index in [4.69, 9.17) is 17.2 Å². The van der Waals surface area contributed by atoms with Crippen molar-refractivity contribution in [3.63, 3.8) is 0 Å². The molecule has 0 unspecified atom stereocenters. The molecule has 0 saturated carbocycles. The van der Waals surface area contributed by atoms with E-state index in [0.29, 0.717) is 31.4 Å². The van der Waals surface area contributed by atoms with Gasteiger partial charge in [0, 0.05) is 19.8 Å². The molecule has 2 aromatic carbocycles. The van der Waals surface area contributed by atoms with E-state index in [2.05, 4.69) is 31.9 Å². The summed E-state index contributed by atoms with van der Waals surface area (Å²) >= 11 is 0. The van der Waals surface area contributed by atoms with Crippen molar-refractivity contribution in [1.82, 2.24) is 31.9 Å². The zero-order chi connectivity index (χ0) is 45.8. The summed E-state index contributed by atoms with van der Waals surface area (Å²) in [6, 6.07) is 10.3. The smallest absolute Gasteiger partial charge is 0.243 e. The van der Waals surface area contributed by atoms with E-state index in [0.717, 1.165) is 11.1 Å². The summed E-state index contributed by atoms with van der Waals surface area (Å²) in [6.45, 7) is 12.0. The minimum absolute atomic E-state index is 0.0310. The molecular formula is C44H67N9O8. The van der Waals surface area contributed by atoms with Crippen molar-refractivity contribution in [2.75, 3.05) is 6.54 Å². The second-order valence-corrected chi connectivity index (χ2v) is 16.2. The van der Waals surface area contributed by atoms with Crippen molar-refractivity contribution in [1.29, 1.82) is 0 Å². The van der Waals surface area contributed by atoms with Gasteiger partial charge in [0.1, 0.15) is 36.3 Å². The summed E-state index contributed by atoms with van der Waals surface area (Å²) in [7, 11) is 0. The van der Waals surface area contributed by atoms with Gasteiger partial charge >= 0.3 is 0 Å². The van der Waals surface area contributed by atoms with Gasteiger partial charge in [0.05, 0.1) is 0 Å². The van der Waals surface area contributed by atoms with Crippen LogP contribution in [0, 0.1) is 17.8 Å². The van der Waals surface area contributed by atoms with Crippen LogP contribution in [0.15, 0.2) is 54.6 Å². The van der Waals surface area contributed by atoms with Crippen molar-refractivity contribution < 1.29 is 38.4 Å². The van der Waals surface area contributed by atoms with Crippen LogP contribution in [0.3, 0.4) is 0 Å². The molecule has 2 aromatic rings. The van der Waals surface area contributed by atoms with Gasteiger partial charge in [0.15, 0.2) is 0 Å². The van der Waals surface area contributed by atoms with Crippen LogP contribution < -0.4 is 49.1 Å². The van der Waals surface area contributed by atoms with Crippen LogP contribution >= 0.6 is 0 Å². The lowest BCUT2D eigenvalue weighted by Gasteiger charge is -2.31. The summed E-state index contributed by atoms with van der Waals surface area (Å²) in [5.41, 5.74) is 19.3. The summed E-state index contributed by atoms with van der Waals surface area (Å²) in [5, 5.41) is 16.1. The Morgan fingerprint density at radius 1 is 0.557 bits per heavy atom. The van der Waals surface area contributed by atoms with Crippen LogP contribution in [0.1, 0.15) is 92.6 Å².